The lowest BCUT2D eigenvalue weighted by atomic mass is 9.94. The van der Waals surface area contributed by atoms with Gasteiger partial charge in [0, 0.05) is 44.8 Å². The van der Waals surface area contributed by atoms with Gasteiger partial charge < -0.3 is 19.9 Å². The molecule has 0 radical (unpaired) electrons. The minimum Gasteiger partial charge on any atom is -0.497 e. The van der Waals surface area contributed by atoms with Gasteiger partial charge >= 0.3 is 0 Å². The van der Waals surface area contributed by atoms with E-state index in [4.69, 9.17) is 4.74 Å². The van der Waals surface area contributed by atoms with Crippen molar-refractivity contribution in [3.63, 3.8) is 0 Å². The molecule has 2 saturated heterocycles. The number of likely N-dealkylation sites (tertiary alicyclic amines) is 1. The first-order chi connectivity index (χ1) is 17.0. The maximum atomic E-state index is 13.4. The van der Waals surface area contributed by atoms with Gasteiger partial charge in [0.2, 0.25) is 5.91 Å². The fraction of sp³-hybridized carbons (Fsp3) is 0.462. The molecule has 2 aliphatic heterocycles. The van der Waals surface area contributed by atoms with Crippen molar-refractivity contribution in [3.05, 3.63) is 47.3 Å². The third kappa shape index (κ3) is 4.82. The molecular weight excluding hydrogens is 462 g/mol. The van der Waals surface area contributed by atoms with Gasteiger partial charge in [-0.15, -0.1) is 0 Å². The summed E-state index contributed by atoms with van der Waals surface area (Å²) in [6.07, 6.45) is 5.31. The minimum atomic E-state index is -0.0405. The number of rotatable bonds is 6. The highest BCUT2D eigenvalue weighted by molar-refractivity contribution is 7.13. The zero-order chi connectivity index (χ0) is 24.4. The van der Waals surface area contributed by atoms with Crippen LogP contribution >= 0.6 is 11.5 Å². The van der Waals surface area contributed by atoms with Crippen LogP contribution in [0.5, 0.6) is 5.75 Å². The number of benzene rings is 1. The predicted octanol–water partition coefficient (Wildman–Crippen LogP) is 3.78. The van der Waals surface area contributed by atoms with Crippen molar-refractivity contribution in [2.75, 3.05) is 38.2 Å². The third-order valence-corrected chi connectivity index (χ3v) is 7.93. The summed E-state index contributed by atoms with van der Waals surface area (Å²) in [6, 6.07) is 7.73. The van der Waals surface area contributed by atoms with Gasteiger partial charge in [-0.05, 0) is 61.8 Å². The van der Waals surface area contributed by atoms with E-state index < -0.39 is 0 Å². The Kier molecular flexibility index (Phi) is 6.86. The van der Waals surface area contributed by atoms with Gasteiger partial charge in [0.15, 0.2) is 0 Å². The summed E-state index contributed by atoms with van der Waals surface area (Å²) in [4.78, 5) is 35.9. The number of pyridine rings is 1. The molecule has 5 rings (SSSR count). The fourth-order valence-electron chi connectivity index (χ4n) is 5.06. The van der Waals surface area contributed by atoms with E-state index in [1.54, 1.807) is 13.3 Å². The SMILES string of the molecule is COc1ccc(CNC(=O)C2CCN(c3c(C(=O)N4CCCC4)cnc4snc(C)c34)CC2)cc1. The molecule has 1 aromatic carbocycles. The number of piperidine rings is 1. The maximum absolute atomic E-state index is 13.4. The summed E-state index contributed by atoms with van der Waals surface area (Å²) in [6.45, 7) is 5.52. The molecule has 2 fully saturated rings. The third-order valence-electron chi connectivity index (χ3n) is 7.08. The summed E-state index contributed by atoms with van der Waals surface area (Å²) in [5.74, 6) is 0.900. The Balaban J connectivity index is 1.29. The first-order valence-corrected chi connectivity index (χ1v) is 13.0. The Morgan fingerprint density at radius 2 is 1.83 bits per heavy atom. The average molecular weight is 494 g/mol. The second-order valence-electron chi connectivity index (χ2n) is 9.30. The van der Waals surface area contributed by atoms with Crippen molar-refractivity contribution < 1.29 is 14.3 Å². The molecule has 1 N–H and O–H groups in total. The summed E-state index contributed by atoms with van der Waals surface area (Å²) >= 11 is 1.37. The number of amides is 2. The molecule has 2 aliphatic rings. The number of nitrogens with zero attached hydrogens (tertiary/aromatic N) is 4. The molecular formula is C26H31N5O3S. The molecule has 2 amide bonds. The summed E-state index contributed by atoms with van der Waals surface area (Å²) < 4.78 is 9.71. The lowest BCUT2D eigenvalue weighted by Crippen LogP contribution is -2.41. The van der Waals surface area contributed by atoms with Gasteiger partial charge in [0.05, 0.1) is 29.4 Å². The largest absolute Gasteiger partial charge is 0.497 e. The number of ether oxygens (including phenoxy) is 1. The van der Waals surface area contributed by atoms with E-state index in [9.17, 15) is 9.59 Å². The lowest BCUT2D eigenvalue weighted by Gasteiger charge is -2.34. The zero-order valence-corrected chi connectivity index (χ0v) is 21.1. The molecule has 35 heavy (non-hydrogen) atoms. The molecule has 0 unspecified atom stereocenters. The molecule has 0 spiro atoms. The quantitative estimate of drug-likeness (QED) is 0.562. The van der Waals surface area contributed by atoms with E-state index in [-0.39, 0.29) is 17.7 Å². The Labute approximate surface area is 209 Å². The van der Waals surface area contributed by atoms with E-state index >= 15 is 0 Å². The number of aromatic nitrogens is 2. The average Bonchev–Trinajstić information content (AvgIpc) is 3.57. The molecule has 0 atom stereocenters. The van der Waals surface area contributed by atoms with Crippen LogP contribution in [-0.4, -0.2) is 59.4 Å². The van der Waals surface area contributed by atoms with Crippen LogP contribution in [0.3, 0.4) is 0 Å². The monoisotopic (exact) mass is 493 g/mol. The van der Waals surface area contributed by atoms with Crippen LogP contribution in [0.1, 0.15) is 47.3 Å². The zero-order valence-electron chi connectivity index (χ0n) is 20.2. The molecule has 0 bridgehead atoms. The molecule has 3 aromatic rings. The highest BCUT2D eigenvalue weighted by Gasteiger charge is 2.31. The van der Waals surface area contributed by atoms with Crippen LogP contribution in [0.25, 0.3) is 10.2 Å². The summed E-state index contributed by atoms with van der Waals surface area (Å²) in [7, 11) is 1.64. The number of anilines is 1. The molecule has 2 aromatic heterocycles. The van der Waals surface area contributed by atoms with Crippen LogP contribution in [0.4, 0.5) is 5.69 Å². The highest BCUT2D eigenvalue weighted by atomic mass is 32.1. The van der Waals surface area contributed by atoms with E-state index in [1.807, 2.05) is 36.1 Å². The van der Waals surface area contributed by atoms with Crippen LogP contribution in [0, 0.1) is 12.8 Å². The van der Waals surface area contributed by atoms with Gasteiger partial charge in [-0.2, -0.15) is 4.37 Å². The van der Waals surface area contributed by atoms with Gasteiger partial charge in [0.25, 0.3) is 5.91 Å². The minimum absolute atomic E-state index is 0.0405. The number of fused-ring (bicyclic) bond motifs is 1. The van der Waals surface area contributed by atoms with E-state index in [2.05, 4.69) is 19.6 Å². The molecule has 0 aliphatic carbocycles. The molecule has 184 valence electrons. The van der Waals surface area contributed by atoms with Crippen LogP contribution in [0.15, 0.2) is 30.5 Å². The van der Waals surface area contributed by atoms with Gasteiger partial charge in [0.1, 0.15) is 10.6 Å². The summed E-state index contributed by atoms with van der Waals surface area (Å²) in [5, 5.41) is 4.06. The summed E-state index contributed by atoms with van der Waals surface area (Å²) in [5.41, 5.74) is 3.55. The van der Waals surface area contributed by atoms with Crippen molar-refractivity contribution in [3.8, 4) is 5.75 Å². The van der Waals surface area contributed by atoms with E-state index in [0.29, 0.717) is 12.1 Å². The number of hydrogen-bond donors (Lipinski definition) is 1. The number of carbonyl (C=O) groups excluding carboxylic acids is 2. The van der Waals surface area contributed by atoms with Crippen molar-refractivity contribution in [2.45, 2.75) is 39.2 Å². The number of nitrogens with one attached hydrogen (secondary N) is 1. The Morgan fingerprint density at radius 3 is 2.51 bits per heavy atom. The highest BCUT2D eigenvalue weighted by Crippen LogP contribution is 2.37. The van der Waals surface area contributed by atoms with E-state index in [1.165, 1.54) is 11.5 Å². The van der Waals surface area contributed by atoms with Crippen LogP contribution in [0.2, 0.25) is 0 Å². The maximum Gasteiger partial charge on any atom is 0.257 e. The second kappa shape index (κ2) is 10.2. The first kappa shape index (κ1) is 23.5. The van der Waals surface area contributed by atoms with E-state index in [0.717, 1.165) is 84.8 Å². The van der Waals surface area contributed by atoms with Crippen molar-refractivity contribution in [1.82, 2.24) is 19.6 Å². The smallest absolute Gasteiger partial charge is 0.257 e. The number of aryl methyl sites for hydroxylation is 1. The Hall–Kier alpha value is -3.20. The van der Waals surface area contributed by atoms with Crippen molar-refractivity contribution in [2.24, 2.45) is 5.92 Å². The van der Waals surface area contributed by atoms with Gasteiger partial charge in [-0.1, -0.05) is 12.1 Å². The predicted molar refractivity (Wildman–Crippen MR) is 137 cm³/mol. The first-order valence-electron chi connectivity index (χ1n) is 12.2. The fourth-order valence-corrected chi connectivity index (χ4v) is 5.81. The normalized spacial score (nSPS) is 16.6. The Morgan fingerprint density at radius 1 is 1.11 bits per heavy atom. The molecule has 8 nitrogen and oxygen atoms in total. The van der Waals surface area contributed by atoms with Crippen LogP contribution in [-0.2, 0) is 11.3 Å². The molecule has 4 heterocycles. The standard InChI is InChI=1S/C26H31N5O3S/c1-17-22-23(21(16-28-25(22)35-29-17)26(33)31-11-3-4-12-31)30-13-9-19(10-14-30)24(32)27-15-18-5-7-20(34-2)8-6-18/h5-8,16,19H,3-4,9-15H2,1-2H3,(H,27,32). The number of hydrogen-bond acceptors (Lipinski definition) is 7. The second-order valence-corrected chi connectivity index (χ2v) is 10.0. The van der Waals surface area contributed by atoms with Crippen molar-refractivity contribution in [1.29, 1.82) is 0 Å². The topological polar surface area (TPSA) is 87.7 Å². The number of methoxy groups -OCH3 is 1. The molecule has 9 heteroatoms. The molecule has 0 saturated carbocycles. The van der Waals surface area contributed by atoms with Gasteiger partial charge in [-0.25, -0.2) is 4.98 Å². The Bertz CT molecular complexity index is 1210. The lowest BCUT2D eigenvalue weighted by molar-refractivity contribution is -0.125. The van der Waals surface area contributed by atoms with Crippen LogP contribution < -0.4 is 15.0 Å². The number of carbonyl (C=O) groups is 2. The van der Waals surface area contributed by atoms with Gasteiger partial charge in [-0.3, -0.25) is 9.59 Å². The van der Waals surface area contributed by atoms with Crippen molar-refractivity contribution >= 4 is 39.3 Å².